The lowest BCUT2D eigenvalue weighted by Gasteiger charge is -2.28. The van der Waals surface area contributed by atoms with Gasteiger partial charge in [-0.05, 0) is 12.1 Å². The van der Waals surface area contributed by atoms with E-state index in [-0.39, 0.29) is 28.5 Å². The van der Waals surface area contributed by atoms with Crippen LogP contribution in [0.25, 0.3) is 0 Å². The molecule has 1 aliphatic rings. The Kier molecular flexibility index (Phi) is 4.84. The van der Waals surface area contributed by atoms with Gasteiger partial charge in [-0.3, -0.25) is 9.59 Å². The van der Waals surface area contributed by atoms with Crippen LogP contribution >= 0.6 is 23.4 Å². The molecule has 0 radical (unpaired) electrons. The number of benzene rings is 1. The minimum absolute atomic E-state index is 0.0819. The van der Waals surface area contributed by atoms with Gasteiger partial charge in [0, 0.05) is 30.0 Å². The maximum atomic E-state index is 14.4. The van der Waals surface area contributed by atoms with E-state index in [0.717, 1.165) is 0 Å². The predicted molar refractivity (Wildman–Crippen MR) is 95.5 cm³/mol. The highest BCUT2D eigenvalue weighted by atomic mass is 35.5. The van der Waals surface area contributed by atoms with Crippen LogP contribution in [0.15, 0.2) is 28.2 Å². The molecule has 1 aromatic heterocycles. The van der Waals surface area contributed by atoms with E-state index in [1.165, 1.54) is 30.0 Å². The lowest BCUT2D eigenvalue weighted by Crippen LogP contribution is -2.34. The van der Waals surface area contributed by atoms with E-state index in [9.17, 15) is 14.0 Å². The fourth-order valence-corrected chi connectivity index (χ4v) is 3.80. The van der Waals surface area contributed by atoms with Gasteiger partial charge in [0.1, 0.15) is 11.6 Å². The first kappa shape index (κ1) is 17.5. The maximum Gasteiger partial charge on any atom is 0.279 e. The van der Waals surface area contributed by atoms with E-state index in [1.54, 1.807) is 11.6 Å². The van der Waals surface area contributed by atoms with Crippen LogP contribution in [-0.2, 0) is 11.8 Å². The summed E-state index contributed by atoms with van der Waals surface area (Å²) < 4.78 is 15.9. The first-order chi connectivity index (χ1) is 11.9. The highest BCUT2D eigenvalue weighted by Crippen LogP contribution is 2.39. The number of thioether (sulfide) groups is 1. The molecule has 1 aromatic carbocycles. The van der Waals surface area contributed by atoms with E-state index in [1.807, 2.05) is 0 Å². The van der Waals surface area contributed by atoms with Crippen LogP contribution < -0.4 is 10.9 Å². The Labute approximate surface area is 152 Å². The van der Waals surface area contributed by atoms with Crippen molar-refractivity contribution in [2.45, 2.75) is 17.5 Å². The number of nitrogens with one attached hydrogen (secondary N) is 1. The van der Waals surface area contributed by atoms with Gasteiger partial charge in [0.25, 0.3) is 5.56 Å². The Morgan fingerprint density at radius 3 is 2.92 bits per heavy atom. The van der Waals surface area contributed by atoms with Crippen LogP contribution in [0.4, 0.5) is 10.2 Å². The highest BCUT2D eigenvalue weighted by Gasteiger charge is 2.34. The average molecular weight is 378 g/mol. The highest BCUT2D eigenvalue weighted by molar-refractivity contribution is 7.99. The zero-order valence-electron chi connectivity index (χ0n) is 13.2. The molecule has 0 spiro atoms. The molecule has 8 heteroatoms. The van der Waals surface area contributed by atoms with Gasteiger partial charge in [0.2, 0.25) is 5.91 Å². The SMILES string of the molecule is C#CCSc1nc(=O)c2c(n1C)NC(=O)CC2c1c(F)cccc1Cl. The predicted octanol–water partition coefficient (Wildman–Crippen LogP) is 2.77. The minimum atomic E-state index is -0.796. The lowest BCUT2D eigenvalue weighted by atomic mass is 9.86. The Morgan fingerprint density at radius 2 is 2.24 bits per heavy atom. The number of anilines is 1. The number of carbonyl (C=O) groups is 1. The lowest BCUT2D eigenvalue weighted by molar-refractivity contribution is -0.116. The first-order valence-electron chi connectivity index (χ1n) is 7.35. The fourth-order valence-electron chi connectivity index (χ4n) is 2.86. The van der Waals surface area contributed by atoms with Crippen molar-refractivity contribution in [3.05, 3.63) is 50.5 Å². The van der Waals surface area contributed by atoms with Crippen molar-refractivity contribution in [3.8, 4) is 12.3 Å². The molecular weight excluding hydrogens is 365 g/mol. The number of fused-ring (bicyclic) bond motifs is 1. The topological polar surface area (TPSA) is 64.0 Å². The van der Waals surface area contributed by atoms with E-state index in [4.69, 9.17) is 18.0 Å². The number of hydrogen-bond acceptors (Lipinski definition) is 4. The second-order valence-corrected chi connectivity index (χ2v) is 6.80. The Hall–Kier alpha value is -2.30. The molecule has 1 amide bonds. The summed E-state index contributed by atoms with van der Waals surface area (Å²) in [6, 6.07) is 4.25. The summed E-state index contributed by atoms with van der Waals surface area (Å²) in [6.45, 7) is 0. The number of carbonyl (C=O) groups excluding carboxylic acids is 1. The summed E-state index contributed by atoms with van der Waals surface area (Å²) in [6.07, 6.45) is 5.16. The Balaban J connectivity index is 2.23. The number of aromatic nitrogens is 2. The molecule has 0 fully saturated rings. The third kappa shape index (κ3) is 3.15. The molecule has 1 atom stereocenters. The standard InChI is InChI=1S/C17H13ClFN3O2S/c1-3-7-25-17-21-16(24)14-9(8-12(23)20-15(14)22(17)2)13-10(18)5-4-6-11(13)19/h1,4-6,9H,7-8H2,2H3,(H,20,23). The second-order valence-electron chi connectivity index (χ2n) is 5.45. The number of amides is 1. The van der Waals surface area contributed by atoms with Crippen molar-refractivity contribution >= 4 is 35.1 Å². The zero-order valence-corrected chi connectivity index (χ0v) is 14.7. The molecule has 0 aliphatic carbocycles. The molecule has 1 aliphatic heterocycles. The van der Waals surface area contributed by atoms with Gasteiger partial charge >= 0.3 is 0 Å². The van der Waals surface area contributed by atoms with Gasteiger partial charge in [-0.15, -0.1) is 6.42 Å². The average Bonchev–Trinajstić information content (AvgIpc) is 2.56. The Morgan fingerprint density at radius 1 is 1.48 bits per heavy atom. The van der Waals surface area contributed by atoms with Gasteiger partial charge in [-0.25, -0.2) is 4.39 Å². The minimum Gasteiger partial charge on any atom is -0.312 e. The normalized spacial score (nSPS) is 16.1. The molecule has 1 N–H and O–H groups in total. The van der Waals surface area contributed by atoms with E-state index < -0.39 is 17.3 Å². The van der Waals surface area contributed by atoms with Gasteiger partial charge in [-0.2, -0.15) is 4.98 Å². The molecule has 25 heavy (non-hydrogen) atoms. The number of rotatable bonds is 3. The molecule has 2 aromatic rings. The van der Waals surface area contributed by atoms with Crippen LogP contribution in [-0.4, -0.2) is 21.2 Å². The fraction of sp³-hybridized carbons (Fsp3) is 0.235. The number of hydrogen-bond donors (Lipinski definition) is 1. The molecule has 5 nitrogen and oxygen atoms in total. The van der Waals surface area contributed by atoms with Crippen LogP contribution in [0.2, 0.25) is 5.02 Å². The second kappa shape index (κ2) is 6.90. The van der Waals surface area contributed by atoms with Crippen molar-refractivity contribution in [1.82, 2.24) is 9.55 Å². The molecule has 1 unspecified atom stereocenters. The summed E-state index contributed by atoms with van der Waals surface area (Å²) in [4.78, 5) is 28.8. The van der Waals surface area contributed by atoms with Crippen LogP contribution in [0.5, 0.6) is 0 Å². The smallest absolute Gasteiger partial charge is 0.279 e. The van der Waals surface area contributed by atoms with Crippen molar-refractivity contribution in [1.29, 1.82) is 0 Å². The van der Waals surface area contributed by atoms with Gasteiger partial charge in [0.05, 0.1) is 11.3 Å². The molecule has 3 rings (SSSR count). The number of terminal acetylenes is 1. The van der Waals surface area contributed by atoms with Gasteiger partial charge in [0.15, 0.2) is 5.16 Å². The monoisotopic (exact) mass is 377 g/mol. The van der Waals surface area contributed by atoms with E-state index >= 15 is 0 Å². The summed E-state index contributed by atoms with van der Waals surface area (Å²) in [7, 11) is 1.66. The number of halogens is 2. The van der Waals surface area contributed by atoms with Crippen LogP contribution in [0, 0.1) is 18.2 Å². The molecule has 128 valence electrons. The summed E-state index contributed by atoms with van der Waals surface area (Å²) >= 11 is 7.34. The summed E-state index contributed by atoms with van der Waals surface area (Å²) in [5.74, 6) is 1.39. The van der Waals surface area contributed by atoms with Gasteiger partial charge in [-0.1, -0.05) is 35.3 Å². The first-order valence-corrected chi connectivity index (χ1v) is 8.71. The summed E-state index contributed by atoms with van der Waals surface area (Å²) in [5, 5.41) is 3.22. The van der Waals surface area contributed by atoms with Crippen molar-refractivity contribution in [3.63, 3.8) is 0 Å². The van der Waals surface area contributed by atoms with Crippen molar-refractivity contribution in [2.75, 3.05) is 11.1 Å². The van der Waals surface area contributed by atoms with Gasteiger partial charge < -0.3 is 9.88 Å². The quantitative estimate of drug-likeness (QED) is 0.507. The zero-order chi connectivity index (χ0) is 18.1. The van der Waals surface area contributed by atoms with E-state index in [0.29, 0.717) is 16.7 Å². The molecule has 0 saturated heterocycles. The number of nitrogens with zero attached hydrogens (tertiary/aromatic N) is 2. The molecular formula is C17H13ClFN3O2S. The van der Waals surface area contributed by atoms with Crippen molar-refractivity contribution in [2.24, 2.45) is 7.05 Å². The third-order valence-corrected chi connectivity index (χ3v) is 5.20. The largest absolute Gasteiger partial charge is 0.312 e. The van der Waals surface area contributed by atoms with Crippen LogP contribution in [0.1, 0.15) is 23.5 Å². The molecule has 0 bridgehead atoms. The Bertz CT molecular complexity index is 947. The third-order valence-electron chi connectivity index (χ3n) is 3.93. The van der Waals surface area contributed by atoms with Crippen molar-refractivity contribution < 1.29 is 9.18 Å². The van der Waals surface area contributed by atoms with Crippen LogP contribution in [0.3, 0.4) is 0 Å². The maximum absolute atomic E-state index is 14.4. The summed E-state index contributed by atoms with van der Waals surface area (Å²) in [5.41, 5.74) is -0.181. The van der Waals surface area contributed by atoms with E-state index in [2.05, 4.69) is 16.2 Å². The molecule has 2 heterocycles. The molecule has 0 saturated carbocycles.